The molecule has 0 saturated carbocycles. The lowest BCUT2D eigenvalue weighted by atomic mass is 9.89. The van der Waals surface area contributed by atoms with Crippen molar-refractivity contribution >= 4 is 60.6 Å². The number of nitrogens with zero attached hydrogens (tertiary/aromatic N) is 1. The minimum Gasteiger partial charge on any atom is -0.375 e. The highest BCUT2D eigenvalue weighted by molar-refractivity contribution is 9.11. The highest BCUT2D eigenvalue weighted by atomic mass is 79.9. The van der Waals surface area contributed by atoms with Gasteiger partial charge in [-0.2, -0.15) is 0 Å². The summed E-state index contributed by atoms with van der Waals surface area (Å²) in [6.45, 7) is 2.28. The molecule has 1 aromatic carbocycles. The fourth-order valence-electron chi connectivity index (χ4n) is 2.79. The van der Waals surface area contributed by atoms with Crippen LogP contribution in [0.2, 0.25) is 0 Å². The normalized spacial score (nSPS) is 20.0. The molecule has 4 nitrogen and oxygen atoms in total. The SMILES string of the molecule is CCN1C(=O)C(O)(CC(=O)c2ccc(Br)s2)c2cc(Br)ccc21. The van der Waals surface area contributed by atoms with E-state index in [4.69, 9.17) is 0 Å². The molecule has 0 fully saturated rings. The highest BCUT2D eigenvalue weighted by Crippen LogP contribution is 2.44. The average Bonchev–Trinajstić information content (AvgIpc) is 3.02. The molecule has 7 heteroatoms. The van der Waals surface area contributed by atoms with E-state index in [9.17, 15) is 14.7 Å². The summed E-state index contributed by atoms with van der Waals surface area (Å²) in [5, 5.41) is 11.0. The Kier molecular flexibility index (Phi) is 4.48. The van der Waals surface area contributed by atoms with E-state index in [1.54, 1.807) is 24.3 Å². The number of Topliss-reactive ketones (excluding diaryl/α,β-unsaturated/α-hetero) is 1. The third kappa shape index (κ3) is 2.80. The summed E-state index contributed by atoms with van der Waals surface area (Å²) in [7, 11) is 0. The lowest BCUT2D eigenvalue weighted by Crippen LogP contribution is -2.41. The van der Waals surface area contributed by atoms with Crippen LogP contribution in [0.3, 0.4) is 0 Å². The number of anilines is 1. The van der Waals surface area contributed by atoms with Crippen molar-refractivity contribution in [3.8, 4) is 0 Å². The average molecular weight is 459 g/mol. The molecular formula is C16H13Br2NO3S. The van der Waals surface area contributed by atoms with E-state index < -0.39 is 11.5 Å². The molecule has 120 valence electrons. The number of benzene rings is 1. The van der Waals surface area contributed by atoms with Crippen molar-refractivity contribution in [2.24, 2.45) is 0 Å². The molecule has 2 heterocycles. The van der Waals surface area contributed by atoms with Crippen LogP contribution in [0.1, 0.15) is 28.6 Å². The first-order chi connectivity index (χ1) is 10.9. The first kappa shape index (κ1) is 16.8. The number of amides is 1. The number of halogens is 2. The van der Waals surface area contributed by atoms with E-state index >= 15 is 0 Å². The topological polar surface area (TPSA) is 57.6 Å². The molecule has 1 unspecified atom stereocenters. The van der Waals surface area contributed by atoms with Crippen molar-refractivity contribution in [1.29, 1.82) is 0 Å². The van der Waals surface area contributed by atoms with Crippen LogP contribution in [0.4, 0.5) is 5.69 Å². The molecule has 1 amide bonds. The van der Waals surface area contributed by atoms with Gasteiger partial charge in [0.05, 0.1) is 20.8 Å². The third-order valence-electron chi connectivity index (χ3n) is 3.87. The summed E-state index contributed by atoms with van der Waals surface area (Å²) in [5.41, 5.74) is -0.686. The van der Waals surface area contributed by atoms with Gasteiger partial charge < -0.3 is 10.0 Å². The monoisotopic (exact) mass is 457 g/mol. The lowest BCUT2D eigenvalue weighted by Gasteiger charge is -2.21. The Labute approximate surface area is 154 Å². The number of hydrogen-bond donors (Lipinski definition) is 1. The van der Waals surface area contributed by atoms with Crippen LogP contribution in [-0.4, -0.2) is 23.3 Å². The Balaban J connectivity index is 2.02. The molecule has 3 rings (SSSR count). The van der Waals surface area contributed by atoms with E-state index in [1.807, 2.05) is 13.0 Å². The molecule has 1 N–H and O–H groups in total. The number of ketones is 1. The van der Waals surface area contributed by atoms with E-state index in [1.165, 1.54) is 16.2 Å². The van der Waals surface area contributed by atoms with Gasteiger partial charge in [-0.05, 0) is 53.2 Å². The maximum Gasteiger partial charge on any atom is 0.264 e. The predicted octanol–water partition coefficient (Wildman–Crippen LogP) is 4.10. The van der Waals surface area contributed by atoms with Gasteiger partial charge in [0, 0.05) is 16.6 Å². The van der Waals surface area contributed by atoms with Crippen LogP contribution in [0.15, 0.2) is 38.6 Å². The predicted molar refractivity (Wildman–Crippen MR) is 97.0 cm³/mol. The Morgan fingerprint density at radius 1 is 1.30 bits per heavy atom. The van der Waals surface area contributed by atoms with Crippen molar-refractivity contribution < 1.29 is 14.7 Å². The lowest BCUT2D eigenvalue weighted by molar-refractivity contribution is -0.135. The van der Waals surface area contributed by atoms with E-state index in [-0.39, 0.29) is 12.2 Å². The van der Waals surface area contributed by atoms with E-state index in [2.05, 4.69) is 31.9 Å². The van der Waals surface area contributed by atoms with Crippen LogP contribution in [-0.2, 0) is 10.4 Å². The van der Waals surface area contributed by atoms with Gasteiger partial charge in [0.1, 0.15) is 0 Å². The molecular weight excluding hydrogens is 446 g/mol. The Hall–Kier alpha value is -1.02. The molecule has 2 aromatic rings. The van der Waals surface area contributed by atoms with Crippen LogP contribution < -0.4 is 4.90 Å². The first-order valence-electron chi connectivity index (χ1n) is 6.99. The maximum absolute atomic E-state index is 12.7. The van der Waals surface area contributed by atoms with Crippen molar-refractivity contribution in [3.05, 3.63) is 49.0 Å². The fourth-order valence-corrected chi connectivity index (χ4v) is 4.48. The number of carbonyl (C=O) groups is 2. The minimum atomic E-state index is -1.82. The standard InChI is InChI=1S/C16H13Br2NO3S/c1-2-19-11-4-3-9(17)7-10(11)16(22,15(19)21)8-12(20)13-5-6-14(18)23-13/h3-7,22H,2,8H2,1H3. The number of carbonyl (C=O) groups excluding carboxylic acids is 2. The number of fused-ring (bicyclic) bond motifs is 1. The molecule has 0 aliphatic carbocycles. The smallest absolute Gasteiger partial charge is 0.264 e. The quantitative estimate of drug-likeness (QED) is 0.701. The minimum absolute atomic E-state index is 0.250. The molecule has 1 aliphatic rings. The number of aliphatic hydroxyl groups is 1. The number of thiophene rings is 1. The summed E-state index contributed by atoms with van der Waals surface area (Å²) < 4.78 is 1.59. The molecule has 1 atom stereocenters. The largest absolute Gasteiger partial charge is 0.375 e. The molecule has 0 bridgehead atoms. The van der Waals surface area contributed by atoms with E-state index in [0.717, 1.165) is 8.26 Å². The molecule has 1 aromatic heterocycles. The van der Waals surface area contributed by atoms with Crippen molar-refractivity contribution in [2.45, 2.75) is 18.9 Å². The third-order valence-corrected chi connectivity index (χ3v) is 6.03. The zero-order chi connectivity index (χ0) is 16.8. The van der Waals surface area contributed by atoms with Gasteiger partial charge in [0.2, 0.25) is 0 Å². The van der Waals surface area contributed by atoms with Crippen LogP contribution in [0.25, 0.3) is 0 Å². The fraction of sp³-hybridized carbons (Fsp3) is 0.250. The van der Waals surface area contributed by atoms with Crippen molar-refractivity contribution in [2.75, 3.05) is 11.4 Å². The van der Waals surface area contributed by atoms with Crippen LogP contribution in [0, 0.1) is 0 Å². The summed E-state index contributed by atoms with van der Waals surface area (Å²) in [5.74, 6) is -0.697. The maximum atomic E-state index is 12.7. The zero-order valence-corrected chi connectivity index (χ0v) is 16.2. The van der Waals surface area contributed by atoms with Gasteiger partial charge in [-0.15, -0.1) is 11.3 Å². The van der Waals surface area contributed by atoms with Gasteiger partial charge in [0.25, 0.3) is 5.91 Å². The number of likely N-dealkylation sites (N-methyl/N-ethyl adjacent to an activating group) is 1. The van der Waals surface area contributed by atoms with Gasteiger partial charge in [0.15, 0.2) is 11.4 Å². The van der Waals surface area contributed by atoms with Gasteiger partial charge in [-0.3, -0.25) is 9.59 Å². The molecule has 1 aliphatic heterocycles. The van der Waals surface area contributed by atoms with E-state index in [0.29, 0.717) is 22.7 Å². The molecule has 0 spiro atoms. The summed E-state index contributed by atoms with van der Waals surface area (Å²) in [6.07, 6.45) is -0.265. The van der Waals surface area contributed by atoms with Crippen molar-refractivity contribution in [1.82, 2.24) is 0 Å². The van der Waals surface area contributed by atoms with Gasteiger partial charge in [-0.25, -0.2) is 0 Å². The first-order valence-corrected chi connectivity index (χ1v) is 9.40. The van der Waals surface area contributed by atoms with Crippen molar-refractivity contribution in [3.63, 3.8) is 0 Å². The summed E-state index contributed by atoms with van der Waals surface area (Å²) in [6, 6.07) is 8.78. The second-order valence-corrected chi connectivity index (χ2v) is 8.65. The van der Waals surface area contributed by atoms with Gasteiger partial charge in [-0.1, -0.05) is 15.9 Å². The molecule has 0 radical (unpaired) electrons. The Morgan fingerprint density at radius 3 is 2.65 bits per heavy atom. The van der Waals surface area contributed by atoms with Crippen LogP contribution >= 0.6 is 43.2 Å². The zero-order valence-electron chi connectivity index (χ0n) is 12.2. The Bertz CT molecular complexity index is 804. The Morgan fingerprint density at radius 2 is 2.04 bits per heavy atom. The second-order valence-electron chi connectivity index (χ2n) is 5.27. The summed E-state index contributed by atoms with van der Waals surface area (Å²) in [4.78, 5) is 27.2. The summed E-state index contributed by atoms with van der Waals surface area (Å²) >= 11 is 7.97. The molecule has 23 heavy (non-hydrogen) atoms. The highest BCUT2D eigenvalue weighted by Gasteiger charge is 2.50. The van der Waals surface area contributed by atoms with Gasteiger partial charge >= 0.3 is 0 Å². The number of rotatable bonds is 4. The van der Waals surface area contributed by atoms with Crippen LogP contribution in [0.5, 0.6) is 0 Å². The second kappa shape index (κ2) is 6.12. The number of hydrogen-bond acceptors (Lipinski definition) is 4. The molecule has 0 saturated heterocycles.